The Hall–Kier alpha value is -3.89. The summed E-state index contributed by atoms with van der Waals surface area (Å²) >= 11 is 0. The smallest absolute Gasteiger partial charge is 0.419 e. The summed E-state index contributed by atoms with van der Waals surface area (Å²) in [4.78, 5) is 47.6. The van der Waals surface area contributed by atoms with Crippen LogP contribution in [-0.2, 0) is 30.4 Å². The number of para-hydroxylation sites is 2. The molecule has 0 spiro atoms. The number of esters is 2. The summed E-state index contributed by atoms with van der Waals surface area (Å²) in [6.07, 6.45) is 2.77. The van der Waals surface area contributed by atoms with E-state index >= 15 is 0 Å². The van der Waals surface area contributed by atoms with Gasteiger partial charge in [-0.25, -0.2) is 4.79 Å². The Labute approximate surface area is 176 Å². The molecule has 0 fully saturated rings. The van der Waals surface area contributed by atoms with E-state index in [0.717, 1.165) is 0 Å². The molecule has 3 aromatic rings. The fourth-order valence-electron chi connectivity index (χ4n) is 3.08. The Morgan fingerprint density at radius 1 is 1.13 bits per heavy atom. The van der Waals surface area contributed by atoms with E-state index in [4.69, 9.17) is 4.42 Å². The molecule has 31 heavy (non-hydrogen) atoms. The third-order valence-electron chi connectivity index (χ3n) is 4.66. The summed E-state index contributed by atoms with van der Waals surface area (Å²) in [7, 11) is 2.50. The number of nitrogens with one attached hydrogen (secondary N) is 1. The Kier molecular flexibility index (Phi) is 6.85. The predicted molar refractivity (Wildman–Crippen MR) is 108 cm³/mol. The van der Waals surface area contributed by atoms with Gasteiger partial charge in [0.1, 0.15) is 0 Å². The first-order valence-corrected chi connectivity index (χ1v) is 9.47. The molecule has 1 aromatic carbocycles. The maximum atomic E-state index is 12.3. The number of fused-ring (bicyclic) bond motifs is 1. The quantitative estimate of drug-likeness (QED) is 0.505. The molecular weight excluding hydrogens is 408 g/mol. The molecule has 0 aliphatic carbocycles. The second-order valence-corrected chi connectivity index (χ2v) is 6.71. The number of aromatic nitrogens is 3. The molecule has 1 amide bonds. The predicted octanol–water partition coefficient (Wildman–Crippen LogP) is 1.49. The number of ether oxygens (including phenoxy) is 2. The van der Waals surface area contributed by atoms with E-state index in [1.807, 2.05) is 0 Å². The molecule has 0 saturated carbocycles. The third kappa shape index (κ3) is 5.38. The molecule has 11 heteroatoms. The Balaban J connectivity index is 1.64. The van der Waals surface area contributed by atoms with Gasteiger partial charge in [-0.2, -0.15) is 5.10 Å². The fourth-order valence-corrected chi connectivity index (χ4v) is 3.08. The van der Waals surface area contributed by atoms with E-state index in [-0.39, 0.29) is 31.7 Å². The molecule has 0 atom stereocenters. The van der Waals surface area contributed by atoms with Crippen molar-refractivity contribution in [2.45, 2.75) is 31.8 Å². The van der Waals surface area contributed by atoms with Crippen molar-refractivity contribution in [2.75, 3.05) is 19.5 Å². The van der Waals surface area contributed by atoms with Crippen molar-refractivity contribution in [3.8, 4) is 0 Å². The van der Waals surface area contributed by atoms with Gasteiger partial charge in [0.15, 0.2) is 5.58 Å². The van der Waals surface area contributed by atoms with Crippen LogP contribution in [0.4, 0.5) is 5.69 Å². The number of aryl methyl sites for hydroxylation is 1. The SMILES string of the molecule is COC(=O)CC(CC(=O)OC)n1cc(NC(=O)CCn2c(=O)oc3ccccc32)cn1. The average Bonchev–Trinajstić information content (AvgIpc) is 3.35. The number of carbonyl (C=O) groups excluding carboxylic acids is 3. The molecule has 0 saturated heterocycles. The number of methoxy groups -OCH3 is 2. The van der Waals surface area contributed by atoms with Crippen LogP contribution < -0.4 is 11.1 Å². The van der Waals surface area contributed by atoms with Crippen molar-refractivity contribution in [2.24, 2.45) is 0 Å². The van der Waals surface area contributed by atoms with E-state index in [1.54, 1.807) is 24.3 Å². The molecular formula is C20H22N4O7. The van der Waals surface area contributed by atoms with Gasteiger partial charge in [0.05, 0.1) is 50.5 Å². The number of amides is 1. The van der Waals surface area contributed by atoms with E-state index in [1.165, 1.54) is 35.9 Å². The number of carbonyl (C=O) groups is 3. The molecule has 0 bridgehead atoms. The zero-order valence-corrected chi connectivity index (χ0v) is 17.1. The number of nitrogens with zero attached hydrogens (tertiary/aromatic N) is 3. The first-order chi connectivity index (χ1) is 14.9. The summed E-state index contributed by atoms with van der Waals surface area (Å²) < 4.78 is 17.3. The maximum absolute atomic E-state index is 12.3. The lowest BCUT2D eigenvalue weighted by Gasteiger charge is -2.15. The zero-order chi connectivity index (χ0) is 22.4. The molecule has 1 N–H and O–H groups in total. The fraction of sp³-hybridized carbons (Fsp3) is 0.350. The zero-order valence-electron chi connectivity index (χ0n) is 17.1. The summed E-state index contributed by atoms with van der Waals surface area (Å²) in [5.41, 5.74) is 1.45. The lowest BCUT2D eigenvalue weighted by molar-refractivity contribution is -0.144. The van der Waals surface area contributed by atoms with Gasteiger partial charge in [-0.15, -0.1) is 0 Å². The Bertz CT molecular complexity index is 1130. The van der Waals surface area contributed by atoms with Crippen molar-refractivity contribution in [1.29, 1.82) is 0 Å². The van der Waals surface area contributed by atoms with Crippen molar-refractivity contribution in [3.05, 3.63) is 47.2 Å². The van der Waals surface area contributed by atoms with Crippen molar-refractivity contribution in [1.82, 2.24) is 14.3 Å². The number of hydrogen-bond donors (Lipinski definition) is 1. The van der Waals surface area contributed by atoms with Crippen molar-refractivity contribution in [3.63, 3.8) is 0 Å². The topological polar surface area (TPSA) is 135 Å². The van der Waals surface area contributed by atoms with Gasteiger partial charge in [0.25, 0.3) is 0 Å². The van der Waals surface area contributed by atoms with E-state index in [2.05, 4.69) is 19.9 Å². The van der Waals surface area contributed by atoms with Gasteiger partial charge in [0, 0.05) is 19.2 Å². The van der Waals surface area contributed by atoms with Gasteiger partial charge < -0.3 is 19.2 Å². The molecule has 0 radical (unpaired) electrons. The minimum atomic E-state index is -0.624. The molecule has 0 unspecified atom stereocenters. The molecule has 2 heterocycles. The molecule has 2 aromatic heterocycles. The standard InChI is InChI=1S/C20H22N4O7/c1-29-18(26)9-14(10-19(27)30-2)24-12-13(11-21-24)22-17(25)7-8-23-15-5-3-4-6-16(15)31-20(23)28/h3-6,11-12,14H,7-10H2,1-2H3,(H,22,25). The van der Waals surface area contributed by atoms with Crippen LogP contribution in [0.3, 0.4) is 0 Å². The lowest BCUT2D eigenvalue weighted by atomic mass is 10.1. The Morgan fingerprint density at radius 2 is 1.81 bits per heavy atom. The van der Waals surface area contributed by atoms with Crippen LogP contribution in [0.15, 0.2) is 45.9 Å². The van der Waals surface area contributed by atoms with Crippen LogP contribution in [0.2, 0.25) is 0 Å². The first-order valence-electron chi connectivity index (χ1n) is 9.47. The highest BCUT2D eigenvalue weighted by Crippen LogP contribution is 2.19. The molecule has 0 aliphatic heterocycles. The van der Waals surface area contributed by atoms with Gasteiger partial charge in [0.2, 0.25) is 5.91 Å². The van der Waals surface area contributed by atoms with Gasteiger partial charge in [-0.3, -0.25) is 23.6 Å². The average molecular weight is 430 g/mol. The van der Waals surface area contributed by atoms with E-state index in [0.29, 0.717) is 16.8 Å². The molecule has 0 aliphatic rings. The number of oxazole rings is 1. The van der Waals surface area contributed by atoms with Gasteiger partial charge >= 0.3 is 17.7 Å². The summed E-state index contributed by atoms with van der Waals surface area (Å²) in [6.45, 7) is 0.142. The van der Waals surface area contributed by atoms with E-state index < -0.39 is 23.7 Å². The highest BCUT2D eigenvalue weighted by atomic mass is 16.5. The van der Waals surface area contributed by atoms with E-state index in [9.17, 15) is 19.2 Å². The summed E-state index contributed by atoms with van der Waals surface area (Å²) in [5.74, 6) is -1.88. The normalized spacial score (nSPS) is 10.9. The highest BCUT2D eigenvalue weighted by Gasteiger charge is 2.22. The van der Waals surface area contributed by atoms with Crippen LogP contribution in [0, 0.1) is 0 Å². The lowest BCUT2D eigenvalue weighted by Crippen LogP contribution is -2.20. The van der Waals surface area contributed by atoms with Gasteiger partial charge in [-0.1, -0.05) is 12.1 Å². The first kappa shape index (κ1) is 21.8. The molecule has 3 rings (SSSR count). The van der Waals surface area contributed by atoms with Gasteiger partial charge in [-0.05, 0) is 12.1 Å². The largest absolute Gasteiger partial charge is 0.469 e. The summed E-state index contributed by atoms with van der Waals surface area (Å²) in [5, 5.41) is 6.81. The van der Waals surface area contributed by atoms with Crippen LogP contribution >= 0.6 is 0 Å². The minimum absolute atomic E-state index is 0.0301. The minimum Gasteiger partial charge on any atom is -0.469 e. The number of benzene rings is 1. The summed E-state index contributed by atoms with van der Waals surface area (Å²) in [6, 6.07) is 6.34. The second-order valence-electron chi connectivity index (χ2n) is 6.71. The number of hydrogen-bond acceptors (Lipinski definition) is 8. The highest BCUT2D eigenvalue weighted by molar-refractivity contribution is 5.90. The van der Waals surface area contributed by atoms with Crippen LogP contribution in [0.5, 0.6) is 0 Å². The van der Waals surface area contributed by atoms with Crippen LogP contribution in [0.1, 0.15) is 25.3 Å². The second kappa shape index (κ2) is 9.74. The Morgan fingerprint density at radius 3 is 2.48 bits per heavy atom. The third-order valence-corrected chi connectivity index (χ3v) is 4.66. The monoisotopic (exact) mass is 430 g/mol. The number of anilines is 1. The van der Waals surface area contributed by atoms with Crippen molar-refractivity contribution < 1.29 is 28.3 Å². The maximum Gasteiger partial charge on any atom is 0.419 e. The molecule has 11 nitrogen and oxygen atoms in total. The van der Waals surface area contributed by atoms with Crippen molar-refractivity contribution >= 4 is 34.6 Å². The number of rotatable bonds is 9. The van der Waals surface area contributed by atoms with Crippen LogP contribution in [-0.4, -0.2) is 46.4 Å². The van der Waals surface area contributed by atoms with Crippen LogP contribution in [0.25, 0.3) is 11.1 Å². The molecule has 164 valence electrons.